The van der Waals surface area contributed by atoms with Gasteiger partial charge in [0.15, 0.2) is 0 Å². The lowest BCUT2D eigenvalue weighted by molar-refractivity contribution is -0.137. The first-order valence-corrected chi connectivity index (χ1v) is 9.26. The van der Waals surface area contributed by atoms with Crippen molar-refractivity contribution < 1.29 is 9.53 Å². The highest BCUT2D eigenvalue weighted by molar-refractivity contribution is 5.66. The van der Waals surface area contributed by atoms with Gasteiger partial charge in [-0.25, -0.2) is 0 Å². The van der Waals surface area contributed by atoms with Crippen LogP contribution in [0.15, 0.2) is 0 Å². The average Bonchev–Trinajstić information content (AvgIpc) is 2.46. The molecule has 1 radical (unpaired) electrons. The quantitative estimate of drug-likeness (QED) is 0.237. The topological polar surface area (TPSA) is 26.3 Å². The first kappa shape index (κ1) is 20.5. The molecule has 0 N–H and O–H groups in total. The van der Waals surface area contributed by atoms with Crippen molar-refractivity contribution in [3.8, 4) is 0 Å². The highest BCUT2D eigenvalue weighted by Gasteiger charge is 1.96. The molecule has 0 aliphatic rings. The molecule has 0 rings (SSSR count). The van der Waals surface area contributed by atoms with Gasteiger partial charge in [0, 0.05) is 6.92 Å². The van der Waals surface area contributed by atoms with Gasteiger partial charge in [0.05, 0.1) is 0 Å². The predicted molar refractivity (Wildman–Crippen MR) is 91.0 cm³/mol. The fraction of sp³-hybridized carbons (Fsp3) is 0.895. The summed E-state index contributed by atoms with van der Waals surface area (Å²) >= 11 is 0. The summed E-state index contributed by atoms with van der Waals surface area (Å²) in [6, 6.07) is 0. The van der Waals surface area contributed by atoms with Crippen LogP contribution in [0, 0.1) is 6.61 Å². The van der Waals surface area contributed by atoms with Crippen LogP contribution in [-0.2, 0) is 9.53 Å². The number of rotatable bonds is 16. The molecule has 0 aliphatic heterocycles. The number of hydrogen-bond acceptors (Lipinski definition) is 2. The molecule has 0 heterocycles. The maximum absolute atomic E-state index is 10.5. The molecular formula is C19H37O2. The Morgan fingerprint density at radius 3 is 1.48 bits per heavy atom. The van der Waals surface area contributed by atoms with Crippen LogP contribution < -0.4 is 0 Å². The Bertz CT molecular complexity index is 214. The zero-order valence-corrected chi connectivity index (χ0v) is 14.5. The fourth-order valence-electron chi connectivity index (χ4n) is 2.60. The van der Waals surface area contributed by atoms with Crippen molar-refractivity contribution in [2.45, 2.75) is 110 Å². The first-order chi connectivity index (χ1) is 10.3. The van der Waals surface area contributed by atoms with Gasteiger partial charge in [-0.1, -0.05) is 90.4 Å². The van der Waals surface area contributed by atoms with Crippen molar-refractivity contribution in [3.05, 3.63) is 6.61 Å². The molecule has 0 aromatic rings. The van der Waals surface area contributed by atoms with Crippen LogP contribution in [0.5, 0.6) is 0 Å². The SMILES string of the molecule is CCCCCCCCCCCCCCCC[CH]OC(C)=O. The van der Waals surface area contributed by atoms with Crippen molar-refractivity contribution in [3.63, 3.8) is 0 Å². The van der Waals surface area contributed by atoms with Crippen LogP contribution in [-0.4, -0.2) is 5.97 Å². The molecule has 0 fully saturated rings. The lowest BCUT2D eigenvalue weighted by Gasteiger charge is -2.03. The molecular weight excluding hydrogens is 260 g/mol. The molecule has 21 heavy (non-hydrogen) atoms. The van der Waals surface area contributed by atoms with Gasteiger partial charge in [-0.05, 0) is 12.8 Å². The van der Waals surface area contributed by atoms with E-state index in [-0.39, 0.29) is 5.97 Å². The molecule has 0 spiro atoms. The predicted octanol–water partition coefficient (Wildman–Crippen LogP) is 6.58. The summed E-state index contributed by atoms with van der Waals surface area (Å²) in [7, 11) is 0. The van der Waals surface area contributed by atoms with E-state index in [4.69, 9.17) is 4.74 Å². The lowest BCUT2D eigenvalue weighted by Crippen LogP contribution is -1.94. The molecule has 2 nitrogen and oxygen atoms in total. The number of hydrogen-bond donors (Lipinski definition) is 0. The Balaban J connectivity index is 2.95. The van der Waals surface area contributed by atoms with Gasteiger partial charge in [-0.15, -0.1) is 0 Å². The molecule has 0 aliphatic carbocycles. The molecule has 125 valence electrons. The second-order valence-corrected chi connectivity index (χ2v) is 6.16. The molecule has 0 aromatic carbocycles. The fourth-order valence-corrected chi connectivity index (χ4v) is 2.60. The van der Waals surface area contributed by atoms with Crippen LogP contribution in [0.2, 0.25) is 0 Å². The Morgan fingerprint density at radius 2 is 1.10 bits per heavy atom. The third kappa shape index (κ3) is 19.5. The van der Waals surface area contributed by atoms with Crippen molar-refractivity contribution >= 4 is 5.97 Å². The van der Waals surface area contributed by atoms with E-state index in [0.717, 1.165) is 12.8 Å². The number of ether oxygens (including phenoxy) is 1. The minimum Gasteiger partial charge on any atom is -0.459 e. The summed E-state index contributed by atoms with van der Waals surface area (Å²) in [5.41, 5.74) is 0. The summed E-state index contributed by atoms with van der Waals surface area (Å²) in [4.78, 5) is 10.5. The summed E-state index contributed by atoms with van der Waals surface area (Å²) in [6.45, 7) is 5.36. The van der Waals surface area contributed by atoms with E-state index in [1.54, 1.807) is 6.61 Å². The third-order valence-corrected chi connectivity index (χ3v) is 3.92. The average molecular weight is 298 g/mol. The van der Waals surface area contributed by atoms with Crippen molar-refractivity contribution in [2.24, 2.45) is 0 Å². The van der Waals surface area contributed by atoms with Crippen LogP contribution in [0.25, 0.3) is 0 Å². The van der Waals surface area contributed by atoms with E-state index in [0.29, 0.717) is 0 Å². The molecule has 0 unspecified atom stereocenters. The Morgan fingerprint density at radius 1 is 0.714 bits per heavy atom. The Kier molecular flexibility index (Phi) is 17.1. The van der Waals surface area contributed by atoms with Crippen LogP contribution >= 0.6 is 0 Å². The molecule has 0 amide bonds. The Labute approximate surface area is 133 Å². The molecule has 0 saturated carbocycles. The number of unbranched alkanes of at least 4 members (excludes halogenated alkanes) is 14. The van der Waals surface area contributed by atoms with Gasteiger partial charge in [0.2, 0.25) is 0 Å². The van der Waals surface area contributed by atoms with Gasteiger partial charge < -0.3 is 4.74 Å². The molecule has 0 atom stereocenters. The minimum atomic E-state index is -0.208. The van der Waals surface area contributed by atoms with Gasteiger partial charge in [0.1, 0.15) is 6.61 Å². The van der Waals surface area contributed by atoms with Crippen LogP contribution in [0.3, 0.4) is 0 Å². The minimum absolute atomic E-state index is 0.208. The van der Waals surface area contributed by atoms with Gasteiger partial charge >= 0.3 is 5.97 Å². The van der Waals surface area contributed by atoms with Crippen molar-refractivity contribution in [1.29, 1.82) is 0 Å². The van der Waals surface area contributed by atoms with Gasteiger partial charge in [-0.2, -0.15) is 0 Å². The van der Waals surface area contributed by atoms with E-state index in [2.05, 4.69) is 6.92 Å². The summed E-state index contributed by atoms with van der Waals surface area (Å²) in [5.74, 6) is -0.208. The highest BCUT2D eigenvalue weighted by atomic mass is 16.5. The Hall–Kier alpha value is -0.530. The van der Waals surface area contributed by atoms with E-state index in [1.807, 2.05) is 0 Å². The van der Waals surface area contributed by atoms with Crippen molar-refractivity contribution in [2.75, 3.05) is 0 Å². The van der Waals surface area contributed by atoms with E-state index in [1.165, 1.54) is 90.4 Å². The maximum Gasteiger partial charge on any atom is 0.303 e. The van der Waals surface area contributed by atoms with E-state index >= 15 is 0 Å². The zero-order valence-electron chi connectivity index (χ0n) is 14.5. The summed E-state index contributed by atoms with van der Waals surface area (Å²) < 4.78 is 4.79. The van der Waals surface area contributed by atoms with Gasteiger partial charge in [0.25, 0.3) is 0 Å². The molecule has 0 saturated heterocycles. The second kappa shape index (κ2) is 17.5. The zero-order chi connectivity index (χ0) is 15.6. The van der Waals surface area contributed by atoms with E-state index in [9.17, 15) is 4.79 Å². The molecule has 2 heteroatoms. The van der Waals surface area contributed by atoms with Gasteiger partial charge in [-0.3, -0.25) is 4.79 Å². The number of esters is 1. The molecule has 0 bridgehead atoms. The first-order valence-electron chi connectivity index (χ1n) is 9.26. The monoisotopic (exact) mass is 297 g/mol. The van der Waals surface area contributed by atoms with Crippen LogP contribution in [0.1, 0.15) is 110 Å². The summed E-state index contributed by atoms with van der Waals surface area (Å²) in [6.07, 6.45) is 20.2. The highest BCUT2D eigenvalue weighted by Crippen LogP contribution is 2.13. The largest absolute Gasteiger partial charge is 0.459 e. The number of carbonyl (C=O) groups excluding carboxylic acids is 1. The summed E-state index contributed by atoms with van der Waals surface area (Å²) in [5, 5.41) is 0. The third-order valence-electron chi connectivity index (χ3n) is 3.92. The smallest absolute Gasteiger partial charge is 0.303 e. The van der Waals surface area contributed by atoms with E-state index < -0.39 is 0 Å². The molecule has 0 aromatic heterocycles. The lowest BCUT2D eigenvalue weighted by atomic mass is 10.0. The normalized spacial score (nSPS) is 10.8. The van der Waals surface area contributed by atoms with Crippen LogP contribution in [0.4, 0.5) is 0 Å². The second-order valence-electron chi connectivity index (χ2n) is 6.16. The standard InChI is InChI=1S/C19H37O2/c1-3-4-5-6-7-8-9-10-11-12-13-14-15-16-17-18-21-19(2)20/h18H,3-17H2,1-2H3. The number of carbonyl (C=O) groups is 1. The van der Waals surface area contributed by atoms with Crippen molar-refractivity contribution in [1.82, 2.24) is 0 Å². The maximum atomic E-state index is 10.5.